The number of hydrogen-bond donors (Lipinski definition) is 5. The summed E-state index contributed by atoms with van der Waals surface area (Å²) in [5.41, 5.74) is 6.24. The summed E-state index contributed by atoms with van der Waals surface area (Å²) in [5.74, 6) is -6.50. The number of carbonyl (C=O) groups excluding carboxylic acids is 3. The minimum absolute atomic E-state index is 0.0318. The van der Waals surface area contributed by atoms with E-state index in [0.29, 0.717) is 24.2 Å². The average Bonchev–Trinajstić information content (AvgIpc) is 2.95. The molecule has 2 aromatic rings. The van der Waals surface area contributed by atoms with Crippen molar-refractivity contribution in [2.45, 2.75) is 44.0 Å². The molecule has 4 atom stereocenters. The molecule has 1 aliphatic heterocycles. The van der Waals surface area contributed by atoms with E-state index in [0.717, 1.165) is 18.7 Å². The van der Waals surface area contributed by atoms with E-state index in [-0.39, 0.29) is 29.7 Å². The fourth-order valence-corrected chi connectivity index (χ4v) is 7.80. The van der Waals surface area contributed by atoms with E-state index in [1.807, 2.05) is 37.2 Å². The summed E-state index contributed by atoms with van der Waals surface area (Å²) < 4.78 is 0. The van der Waals surface area contributed by atoms with Gasteiger partial charge in [-0.2, -0.15) is 0 Å². The highest BCUT2D eigenvalue weighted by Crippen LogP contribution is 2.53. The molecule has 11 heteroatoms. The number of phenols is 1. The monoisotopic (exact) mass is 602 g/mol. The third-order valence-electron chi connectivity index (χ3n) is 9.86. The predicted molar refractivity (Wildman–Crippen MR) is 162 cm³/mol. The number of fused-ring (bicyclic) bond motifs is 4. The molecule has 1 amide bonds. The minimum atomic E-state index is -2.66. The molecule has 6 N–H and O–H groups in total. The van der Waals surface area contributed by atoms with Gasteiger partial charge in [-0.15, -0.1) is 0 Å². The summed E-state index contributed by atoms with van der Waals surface area (Å²) >= 11 is 0. The first-order valence-electron chi connectivity index (χ1n) is 14.8. The van der Waals surface area contributed by atoms with E-state index in [2.05, 4.69) is 17.0 Å². The Kier molecular flexibility index (Phi) is 7.10. The van der Waals surface area contributed by atoms with Crippen LogP contribution in [-0.4, -0.2) is 94.1 Å². The number of nitrogens with zero attached hydrogens (tertiary/aromatic N) is 3. The molecule has 3 aliphatic carbocycles. The Labute approximate surface area is 255 Å². The lowest BCUT2D eigenvalue weighted by molar-refractivity contribution is -0.148. The summed E-state index contributed by atoms with van der Waals surface area (Å²) in [4.78, 5) is 45.7. The molecule has 0 unspecified atom stereocenters. The van der Waals surface area contributed by atoms with E-state index in [1.165, 1.54) is 11.1 Å². The molecule has 6 rings (SSSR count). The number of rotatable bonds is 5. The first-order valence-corrected chi connectivity index (χ1v) is 14.8. The molecule has 0 saturated heterocycles. The van der Waals surface area contributed by atoms with Crippen molar-refractivity contribution in [2.75, 3.05) is 39.6 Å². The summed E-state index contributed by atoms with van der Waals surface area (Å²) in [5, 5.41) is 46.1. The number of aliphatic hydroxyl groups excluding tert-OH is 2. The van der Waals surface area contributed by atoms with E-state index >= 15 is 0 Å². The van der Waals surface area contributed by atoms with Crippen molar-refractivity contribution in [3.8, 4) is 5.75 Å². The molecule has 0 bridgehead atoms. The molecule has 44 heavy (non-hydrogen) atoms. The summed E-state index contributed by atoms with van der Waals surface area (Å²) in [6.07, 6.45) is 1.16. The van der Waals surface area contributed by atoms with Crippen molar-refractivity contribution >= 4 is 23.2 Å². The Bertz CT molecular complexity index is 1680. The van der Waals surface area contributed by atoms with Crippen molar-refractivity contribution in [3.05, 3.63) is 80.8 Å². The van der Waals surface area contributed by atoms with Gasteiger partial charge in [-0.1, -0.05) is 24.3 Å². The number of amides is 1. The number of benzene rings is 2. The largest absolute Gasteiger partial charge is 0.510 e. The van der Waals surface area contributed by atoms with Gasteiger partial charge >= 0.3 is 0 Å². The van der Waals surface area contributed by atoms with Crippen LogP contribution in [0.3, 0.4) is 0 Å². The van der Waals surface area contributed by atoms with Crippen LogP contribution in [0.5, 0.6) is 5.75 Å². The number of phenolic OH excluding ortho intramolecular Hbond substituents is 1. The minimum Gasteiger partial charge on any atom is -0.510 e. The van der Waals surface area contributed by atoms with Crippen LogP contribution in [0, 0.1) is 11.8 Å². The standard InChI is InChI=1S/C33H38N4O7/c1-35(2)22-13-19(15-37-10-9-16-7-5-6-8-17(16)14-37)27(38)24-20(22)11-18-12-21-26(36(3)4)29(40)25(32(34)43)31(42)33(21,44)30(41)23(18)28(24)39/h5-8,13,18,21,26,38,40-41,44H,9-12,14-15H2,1-4H3,(H2,34,43)/t18-,21-,26-,33-/m0/s1. The lowest BCUT2D eigenvalue weighted by Crippen LogP contribution is -2.63. The predicted octanol–water partition coefficient (Wildman–Crippen LogP) is 1.74. The van der Waals surface area contributed by atoms with Gasteiger partial charge in [0.15, 0.2) is 11.4 Å². The van der Waals surface area contributed by atoms with Gasteiger partial charge in [0.05, 0.1) is 11.6 Å². The lowest BCUT2D eigenvalue weighted by atomic mass is 9.58. The highest BCUT2D eigenvalue weighted by Gasteiger charge is 2.63. The number of anilines is 1. The zero-order valence-corrected chi connectivity index (χ0v) is 25.3. The Morgan fingerprint density at radius 3 is 2.41 bits per heavy atom. The molecule has 0 fully saturated rings. The zero-order chi connectivity index (χ0) is 31.8. The zero-order valence-electron chi connectivity index (χ0n) is 25.3. The SMILES string of the molecule is CN(C)c1cc(CN2CCc3ccccc3C2)c(O)c2c1C[C@H]1C[C@H]3[C@H](N(C)C)C(O)=C(C(N)=O)C(=O)[C@@]3(O)C(O)=C1C2=O. The highest BCUT2D eigenvalue weighted by atomic mass is 16.3. The number of carbonyl (C=O) groups is 3. The molecule has 2 aromatic carbocycles. The molecule has 0 saturated carbocycles. The molecule has 4 aliphatic rings. The molecule has 0 aromatic heterocycles. The van der Waals surface area contributed by atoms with Crippen molar-refractivity contribution in [3.63, 3.8) is 0 Å². The van der Waals surface area contributed by atoms with E-state index in [9.17, 15) is 34.8 Å². The summed E-state index contributed by atoms with van der Waals surface area (Å²) in [7, 11) is 6.93. The van der Waals surface area contributed by atoms with Crippen molar-refractivity contribution < 1.29 is 34.8 Å². The second-order valence-corrected chi connectivity index (χ2v) is 12.8. The Morgan fingerprint density at radius 1 is 1.09 bits per heavy atom. The van der Waals surface area contributed by atoms with Crippen LogP contribution in [-0.2, 0) is 35.5 Å². The second kappa shape index (κ2) is 10.5. The Hall–Kier alpha value is -4.19. The van der Waals surface area contributed by atoms with Gasteiger partial charge in [0.25, 0.3) is 5.91 Å². The number of aliphatic hydroxyl groups is 3. The quantitative estimate of drug-likeness (QED) is 0.318. The maximum absolute atomic E-state index is 14.3. The number of primary amides is 1. The topological polar surface area (TPSA) is 168 Å². The Morgan fingerprint density at radius 2 is 1.77 bits per heavy atom. The maximum atomic E-state index is 14.3. The summed E-state index contributed by atoms with van der Waals surface area (Å²) in [6.45, 7) is 1.86. The first kappa shape index (κ1) is 29.9. The molecular formula is C33H38N4O7. The third kappa shape index (κ3) is 4.25. The van der Waals surface area contributed by atoms with Crippen molar-refractivity contribution in [1.82, 2.24) is 9.80 Å². The number of allylic oxidation sites excluding steroid dienone is 1. The molecule has 11 nitrogen and oxygen atoms in total. The van der Waals surface area contributed by atoms with Gasteiger partial charge in [-0.3, -0.25) is 24.2 Å². The molecule has 0 radical (unpaired) electrons. The molecule has 0 spiro atoms. The van der Waals surface area contributed by atoms with E-state index in [1.54, 1.807) is 19.0 Å². The highest BCUT2D eigenvalue weighted by molar-refractivity contribution is 6.25. The first-order chi connectivity index (χ1) is 20.8. The average molecular weight is 603 g/mol. The second-order valence-electron chi connectivity index (χ2n) is 12.8. The number of Topliss-reactive ketones (excluding diaryl/α,β-unsaturated/α-hetero) is 2. The smallest absolute Gasteiger partial charge is 0.255 e. The number of nitrogens with two attached hydrogens (primary N) is 1. The van der Waals surface area contributed by atoms with Crippen LogP contribution < -0.4 is 10.6 Å². The maximum Gasteiger partial charge on any atom is 0.255 e. The molecular weight excluding hydrogens is 564 g/mol. The van der Waals surface area contributed by atoms with E-state index in [4.69, 9.17) is 5.73 Å². The van der Waals surface area contributed by atoms with Crippen LogP contribution in [0.1, 0.15) is 39.0 Å². The van der Waals surface area contributed by atoms with Crippen LogP contribution in [0.2, 0.25) is 0 Å². The lowest BCUT2D eigenvalue weighted by Gasteiger charge is -2.50. The number of aromatic hydroxyl groups is 1. The fourth-order valence-electron chi connectivity index (χ4n) is 7.80. The molecule has 1 heterocycles. The fraction of sp³-hybridized carbons (Fsp3) is 0.424. The van der Waals surface area contributed by atoms with Gasteiger partial charge in [-0.05, 0) is 62.0 Å². The van der Waals surface area contributed by atoms with Gasteiger partial charge in [0.1, 0.15) is 22.8 Å². The van der Waals surface area contributed by atoms with Crippen molar-refractivity contribution in [1.29, 1.82) is 0 Å². The third-order valence-corrected chi connectivity index (χ3v) is 9.86. The molecule has 232 valence electrons. The van der Waals surface area contributed by atoms with Crippen molar-refractivity contribution in [2.24, 2.45) is 17.6 Å². The van der Waals surface area contributed by atoms with Gasteiger partial charge in [-0.25, -0.2) is 0 Å². The van der Waals surface area contributed by atoms with Crippen LogP contribution >= 0.6 is 0 Å². The number of hydrogen-bond acceptors (Lipinski definition) is 10. The summed E-state index contributed by atoms with van der Waals surface area (Å²) in [6, 6.07) is 9.10. The number of likely N-dealkylation sites (N-methyl/N-ethyl adjacent to an activating group) is 1. The van der Waals surface area contributed by atoms with Crippen LogP contribution in [0.4, 0.5) is 5.69 Å². The van der Waals surface area contributed by atoms with E-state index < -0.39 is 58.0 Å². The normalized spacial score (nSPS) is 26.7. The number of ketones is 2. The van der Waals surface area contributed by atoms with Crippen LogP contribution in [0.25, 0.3) is 0 Å². The van der Waals surface area contributed by atoms with Gasteiger partial charge < -0.3 is 31.1 Å². The van der Waals surface area contributed by atoms with Gasteiger partial charge in [0, 0.05) is 56.5 Å². The Balaban J connectivity index is 1.46. The van der Waals surface area contributed by atoms with Crippen LogP contribution in [0.15, 0.2) is 53.0 Å². The van der Waals surface area contributed by atoms with Gasteiger partial charge in [0.2, 0.25) is 5.78 Å².